The number of ether oxygens (including phenoxy) is 4. The van der Waals surface area contributed by atoms with Crippen LogP contribution < -0.4 is 0 Å². The third kappa shape index (κ3) is 52.7. The zero-order valence-corrected chi connectivity index (χ0v) is 15.0. The molecule has 0 bridgehead atoms. The number of rotatable bonds is 9. The van der Waals surface area contributed by atoms with Crippen molar-refractivity contribution in [3.63, 3.8) is 0 Å². The van der Waals surface area contributed by atoms with Gasteiger partial charge >= 0.3 is 0 Å². The highest BCUT2D eigenvalue weighted by molar-refractivity contribution is 4.80. The average molecular weight is 294 g/mol. The molecule has 0 rings (SSSR count). The predicted molar refractivity (Wildman–Crippen MR) is 88.6 cm³/mol. The largest absolute Gasteiger partial charge is 0.385 e. The van der Waals surface area contributed by atoms with E-state index in [0.29, 0.717) is 13.2 Å². The molecule has 0 aliphatic heterocycles. The molecule has 4 heteroatoms. The predicted octanol–water partition coefficient (Wildman–Crippen LogP) is 3.95. The SMILES string of the molecule is CC.CC.COC/C=C\COC.COCCCCOC. The lowest BCUT2D eigenvalue weighted by Gasteiger charge is -1.96. The summed E-state index contributed by atoms with van der Waals surface area (Å²) >= 11 is 0. The van der Waals surface area contributed by atoms with Crippen LogP contribution in [0.3, 0.4) is 0 Å². The lowest BCUT2D eigenvalue weighted by Crippen LogP contribution is -1.92. The first-order valence-electron chi connectivity index (χ1n) is 7.44. The van der Waals surface area contributed by atoms with E-state index in [1.165, 1.54) is 0 Å². The molecule has 0 aromatic heterocycles. The maximum absolute atomic E-state index is 4.83. The molecule has 0 aromatic carbocycles. The van der Waals surface area contributed by atoms with Crippen molar-refractivity contribution in [2.45, 2.75) is 40.5 Å². The summed E-state index contributed by atoms with van der Waals surface area (Å²) < 4.78 is 19.2. The molecular weight excluding hydrogens is 256 g/mol. The number of unbranched alkanes of at least 4 members (excludes halogenated alkanes) is 1. The summed E-state index contributed by atoms with van der Waals surface area (Å²) in [6, 6.07) is 0. The van der Waals surface area contributed by atoms with Crippen molar-refractivity contribution < 1.29 is 18.9 Å². The van der Waals surface area contributed by atoms with Crippen LogP contribution in [0.25, 0.3) is 0 Å². The van der Waals surface area contributed by atoms with E-state index in [1.54, 1.807) is 28.4 Å². The molecule has 4 nitrogen and oxygen atoms in total. The molecule has 0 amide bonds. The minimum absolute atomic E-state index is 0.670. The lowest BCUT2D eigenvalue weighted by atomic mass is 10.3. The summed E-state index contributed by atoms with van der Waals surface area (Å²) in [7, 11) is 6.76. The van der Waals surface area contributed by atoms with E-state index in [-0.39, 0.29) is 0 Å². The van der Waals surface area contributed by atoms with Crippen molar-refractivity contribution in [2.24, 2.45) is 0 Å². The molecule has 0 N–H and O–H groups in total. The molecule has 0 heterocycles. The monoisotopic (exact) mass is 294 g/mol. The Kier molecular flexibility index (Phi) is 59.6. The van der Waals surface area contributed by atoms with Gasteiger partial charge in [-0.2, -0.15) is 0 Å². The number of hydrogen-bond acceptors (Lipinski definition) is 4. The molecule has 0 aliphatic carbocycles. The van der Waals surface area contributed by atoms with Crippen LogP contribution in [0.15, 0.2) is 12.2 Å². The minimum Gasteiger partial charge on any atom is -0.385 e. The topological polar surface area (TPSA) is 36.9 Å². The van der Waals surface area contributed by atoms with Gasteiger partial charge in [0.15, 0.2) is 0 Å². The van der Waals surface area contributed by atoms with Crippen molar-refractivity contribution in [3.05, 3.63) is 12.2 Å². The van der Waals surface area contributed by atoms with Crippen LogP contribution in [0.4, 0.5) is 0 Å². The Bertz CT molecular complexity index is 114. The van der Waals surface area contributed by atoms with Crippen LogP contribution in [0, 0.1) is 0 Å². The van der Waals surface area contributed by atoms with Crippen molar-refractivity contribution in [2.75, 3.05) is 54.9 Å². The van der Waals surface area contributed by atoms with E-state index < -0.39 is 0 Å². The zero-order valence-electron chi connectivity index (χ0n) is 15.0. The molecule has 0 saturated heterocycles. The van der Waals surface area contributed by atoms with Crippen LogP contribution in [0.1, 0.15) is 40.5 Å². The Labute approximate surface area is 127 Å². The van der Waals surface area contributed by atoms with Crippen LogP contribution in [0.5, 0.6) is 0 Å². The summed E-state index contributed by atoms with van der Waals surface area (Å²) in [5.74, 6) is 0. The number of methoxy groups -OCH3 is 4. The molecule has 0 spiro atoms. The van der Waals surface area contributed by atoms with Gasteiger partial charge in [0.2, 0.25) is 0 Å². The standard InChI is InChI=1S/C6H14O2.C6H12O2.2C2H6/c2*1-7-5-3-4-6-8-2;2*1-2/h3-6H2,1-2H3;3-4H,5-6H2,1-2H3;2*1-2H3/b;4-3-;;. The van der Waals surface area contributed by atoms with Crippen LogP contribution >= 0.6 is 0 Å². The summed E-state index contributed by atoms with van der Waals surface area (Å²) in [4.78, 5) is 0. The highest BCUT2D eigenvalue weighted by Crippen LogP contribution is 1.87. The Morgan fingerprint density at radius 1 is 0.550 bits per heavy atom. The quantitative estimate of drug-likeness (QED) is 0.476. The molecule has 0 aliphatic rings. The van der Waals surface area contributed by atoms with E-state index in [2.05, 4.69) is 0 Å². The summed E-state index contributed by atoms with van der Waals surface area (Å²) in [6.45, 7) is 11.0. The Hall–Kier alpha value is -0.420. The number of hydrogen-bond donors (Lipinski definition) is 0. The van der Waals surface area contributed by atoms with E-state index in [0.717, 1.165) is 26.1 Å². The fraction of sp³-hybridized carbons (Fsp3) is 0.875. The Balaban J connectivity index is -0.000000102. The van der Waals surface area contributed by atoms with Gasteiger partial charge in [-0.25, -0.2) is 0 Å². The van der Waals surface area contributed by atoms with Gasteiger partial charge in [0.25, 0.3) is 0 Å². The molecule has 0 radical (unpaired) electrons. The molecule has 126 valence electrons. The molecule has 0 saturated carbocycles. The summed E-state index contributed by atoms with van der Waals surface area (Å²) in [5, 5.41) is 0. The van der Waals surface area contributed by atoms with E-state index in [9.17, 15) is 0 Å². The van der Waals surface area contributed by atoms with Gasteiger partial charge in [0.05, 0.1) is 13.2 Å². The third-order valence-corrected chi connectivity index (χ3v) is 1.64. The molecule has 0 atom stereocenters. The molecule has 20 heavy (non-hydrogen) atoms. The zero-order chi connectivity index (χ0) is 16.5. The van der Waals surface area contributed by atoms with Gasteiger partial charge in [0.1, 0.15) is 0 Å². The highest BCUT2D eigenvalue weighted by Gasteiger charge is 1.83. The molecule has 0 unspecified atom stereocenters. The summed E-state index contributed by atoms with van der Waals surface area (Å²) in [5.41, 5.74) is 0. The lowest BCUT2D eigenvalue weighted by molar-refractivity contribution is 0.159. The summed E-state index contributed by atoms with van der Waals surface area (Å²) in [6.07, 6.45) is 6.04. The third-order valence-electron chi connectivity index (χ3n) is 1.64. The van der Waals surface area contributed by atoms with Gasteiger partial charge in [-0.3, -0.25) is 0 Å². The second kappa shape index (κ2) is 42.8. The smallest absolute Gasteiger partial charge is 0.0644 e. The first-order chi connectivity index (χ1) is 9.83. The van der Waals surface area contributed by atoms with Crippen LogP contribution in [-0.2, 0) is 18.9 Å². The van der Waals surface area contributed by atoms with Gasteiger partial charge < -0.3 is 18.9 Å². The molecular formula is C16H38O4. The minimum atomic E-state index is 0.670. The average Bonchev–Trinajstić information content (AvgIpc) is 2.53. The first-order valence-corrected chi connectivity index (χ1v) is 7.44. The maximum atomic E-state index is 4.83. The van der Waals surface area contributed by atoms with Crippen molar-refractivity contribution in [1.82, 2.24) is 0 Å². The molecule has 0 fully saturated rings. The van der Waals surface area contributed by atoms with Gasteiger partial charge in [-0.15, -0.1) is 0 Å². The van der Waals surface area contributed by atoms with Gasteiger partial charge in [0, 0.05) is 41.7 Å². The maximum Gasteiger partial charge on any atom is 0.0644 e. The van der Waals surface area contributed by atoms with E-state index in [4.69, 9.17) is 18.9 Å². The fourth-order valence-corrected chi connectivity index (χ4v) is 0.821. The Morgan fingerprint density at radius 3 is 1.05 bits per heavy atom. The van der Waals surface area contributed by atoms with Crippen molar-refractivity contribution in [3.8, 4) is 0 Å². The Morgan fingerprint density at radius 2 is 0.850 bits per heavy atom. The second-order valence-corrected chi connectivity index (χ2v) is 3.07. The fourth-order valence-electron chi connectivity index (χ4n) is 0.821. The van der Waals surface area contributed by atoms with Gasteiger partial charge in [-0.05, 0) is 12.8 Å². The highest BCUT2D eigenvalue weighted by atomic mass is 16.5. The van der Waals surface area contributed by atoms with Crippen LogP contribution in [-0.4, -0.2) is 54.9 Å². The van der Waals surface area contributed by atoms with E-state index in [1.807, 2.05) is 39.8 Å². The van der Waals surface area contributed by atoms with Crippen LogP contribution in [0.2, 0.25) is 0 Å². The van der Waals surface area contributed by atoms with Crippen molar-refractivity contribution in [1.29, 1.82) is 0 Å². The second-order valence-electron chi connectivity index (χ2n) is 3.07. The van der Waals surface area contributed by atoms with Gasteiger partial charge in [-0.1, -0.05) is 39.8 Å². The van der Waals surface area contributed by atoms with E-state index >= 15 is 0 Å². The molecule has 0 aromatic rings. The van der Waals surface area contributed by atoms with Crippen molar-refractivity contribution >= 4 is 0 Å². The first kappa shape index (κ1) is 27.8. The normalized spacial score (nSPS) is 8.80.